The fourth-order valence-corrected chi connectivity index (χ4v) is 4.09. The Morgan fingerprint density at radius 2 is 2.04 bits per heavy atom. The minimum atomic E-state index is -1.84. The molecule has 1 N–H and O–H groups in total. The van der Waals surface area contributed by atoms with Crippen molar-refractivity contribution in [3.8, 4) is 0 Å². The third-order valence-electron chi connectivity index (χ3n) is 6.11. The van der Waals surface area contributed by atoms with Gasteiger partial charge in [-0.15, -0.1) is 0 Å². The topological polar surface area (TPSA) is 89.9 Å². The lowest BCUT2D eigenvalue weighted by molar-refractivity contribution is -0.190. The van der Waals surface area contributed by atoms with Crippen molar-refractivity contribution in [3.05, 3.63) is 23.0 Å². The standard InChI is InChI=1S/C19H24O6/c1-9(2)16(21)25-15-14-11(4)17(22)24-12(14)8-19(23)13(20)7-6-10(3)18(15,19)5/h8-10,15,23H,6-7H2,1-5H3. The van der Waals surface area contributed by atoms with Gasteiger partial charge in [0.15, 0.2) is 11.4 Å². The van der Waals surface area contributed by atoms with Gasteiger partial charge in [-0.3, -0.25) is 9.59 Å². The van der Waals surface area contributed by atoms with Gasteiger partial charge in [0.1, 0.15) is 11.9 Å². The lowest BCUT2D eigenvalue weighted by Gasteiger charge is -2.55. The molecule has 2 aliphatic carbocycles. The maximum absolute atomic E-state index is 12.6. The van der Waals surface area contributed by atoms with Gasteiger partial charge in [0.2, 0.25) is 0 Å². The highest BCUT2D eigenvalue weighted by molar-refractivity contribution is 5.97. The van der Waals surface area contributed by atoms with Crippen molar-refractivity contribution < 1.29 is 29.0 Å². The summed E-state index contributed by atoms with van der Waals surface area (Å²) >= 11 is 0. The van der Waals surface area contributed by atoms with Crippen LogP contribution in [-0.2, 0) is 23.9 Å². The summed E-state index contributed by atoms with van der Waals surface area (Å²) in [5.74, 6) is -1.68. The normalized spacial score (nSPS) is 37.5. The van der Waals surface area contributed by atoms with Gasteiger partial charge in [0.25, 0.3) is 0 Å². The molecule has 4 atom stereocenters. The van der Waals surface area contributed by atoms with E-state index in [0.717, 1.165) is 0 Å². The third kappa shape index (κ3) is 2.23. The van der Waals surface area contributed by atoms with Crippen LogP contribution in [0.25, 0.3) is 0 Å². The van der Waals surface area contributed by atoms with Gasteiger partial charge in [-0.1, -0.05) is 27.7 Å². The van der Waals surface area contributed by atoms with Crippen LogP contribution in [0.4, 0.5) is 0 Å². The molecule has 0 saturated heterocycles. The van der Waals surface area contributed by atoms with Crippen LogP contribution in [0, 0.1) is 17.3 Å². The molecule has 1 saturated carbocycles. The fourth-order valence-electron chi connectivity index (χ4n) is 4.09. The van der Waals surface area contributed by atoms with Crippen molar-refractivity contribution >= 4 is 17.7 Å². The number of ether oxygens (including phenoxy) is 2. The number of hydrogen-bond acceptors (Lipinski definition) is 6. The number of esters is 2. The number of carbonyl (C=O) groups is 3. The molecular formula is C19H24O6. The first-order chi connectivity index (χ1) is 11.5. The molecule has 0 aromatic carbocycles. The summed E-state index contributed by atoms with van der Waals surface area (Å²) in [6.07, 6.45) is 1.23. The van der Waals surface area contributed by atoms with Crippen molar-refractivity contribution in [1.82, 2.24) is 0 Å². The average molecular weight is 348 g/mol. The number of Topliss-reactive ketones (excluding diaryl/α,β-unsaturated/α-hetero) is 1. The quantitative estimate of drug-likeness (QED) is 0.768. The molecule has 1 heterocycles. The molecule has 6 nitrogen and oxygen atoms in total. The number of carbonyl (C=O) groups excluding carboxylic acids is 3. The number of rotatable bonds is 2. The zero-order chi connectivity index (χ0) is 18.7. The Labute approximate surface area is 146 Å². The molecule has 0 aromatic heterocycles. The summed E-state index contributed by atoms with van der Waals surface area (Å²) in [7, 11) is 0. The van der Waals surface area contributed by atoms with Crippen LogP contribution in [0.1, 0.15) is 47.5 Å². The molecule has 1 aliphatic heterocycles. The second-order valence-electron chi connectivity index (χ2n) is 7.82. The van der Waals surface area contributed by atoms with Crippen molar-refractivity contribution in [3.63, 3.8) is 0 Å². The van der Waals surface area contributed by atoms with E-state index in [9.17, 15) is 19.5 Å². The Kier molecular flexibility index (Phi) is 3.95. The van der Waals surface area contributed by atoms with Crippen LogP contribution in [-0.4, -0.2) is 34.5 Å². The second kappa shape index (κ2) is 5.53. The van der Waals surface area contributed by atoms with Crippen LogP contribution >= 0.6 is 0 Å². The van der Waals surface area contributed by atoms with E-state index < -0.39 is 29.1 Å². The van der Waals surface area contributed by atoms with E-state index in [2.05, 4.69) is 0 Å². The summed E-state index contributed by atoms with van der Waals surface area (Å²) in [5.41, 5.74) is -2.09. The molecule has 136 valence electrons. The molecule has 0 bridgehead atoms. The molecule has 0 amide bonds. The summed E-state index contributed by atoms with van der Waals surface area (Å²) in [5, 5.41) is 11.3. The molecule has 0 aromatic rings. The van der Waals surface area contributed by atoms with Gasteiger partial charge in [-0.2, -0.15) is 0 Å². The van der Waals surface area contributed by atoms with Crippen molar-refractivity contribution in [2.75, 3.05) is 0 Å². The highest BCUT2D eigenvalue weighted by Crippen LogP contribution is 2.57. The minimum absolute atomic E-state index is 0.103. The van der Waals surface area contributed by atoms with Crippen molar-refractivity contribution in [1.29, 1.82) is 0 Å². The maximum atomic E-state index is 12.6. The summed E-state index contributed by atoms with van der Waals surface area (Å²) in [4.78, 5) is 37.0. The van der Waals surface area contributed by atoms with Gasteiger partial charge in [0.05, 0.1) is 11.3 Å². The molecule has 25 heavy (non-hydrogen) atoms. The van der Waals surface area contributed by atoms with E-state index >= 15 is 0 Å². The summed E-state index contributed by atoms with van der Waals surface area (Å²) in [6, 6.07) is 0. The molecule has 3 rings (SSSR count). The molecule has 3 aliphatic rings. The van der Waals surface area contributed by atoms with E-state index in [1.54, 1.807) is 27.7 Å². The van der Waals surface area contributed by atoms with E-state index in [1.165, 1.54) is 6.08 Å². The van der Waals surface area contributed by atoms with E-state index in [0.29, 0.717) is 17.6 Å². The molecular weight excluding hydrogens is 324 g/mol. The highest BCUT2D eigenvalue weighted by atomic mass is 16.6. The predicted molar refractivity (Wildman–Crippen MR) is 88.1 cm³/mol. The largest absolute Gasteiger partial charge is 0.456 e. The Hall–Kier alpha value is -1.95. The number of aliphatic hydroxyl groups is 1. The molecule has 0 radical (unpaired) electrons. The van der Waals surface area contributed by atoms with Gasteiger partial charge in [0, 0.05) is 17.6 Å². The van der Waals surface area contributed by atoms with Gasteiger partial charge in [-0.05, 0) is 25.3 Å². The molecule has 4 unspecified atom stereocenters. The summed E-state index contributed by atoms with van der Waals surface area (Å²) in [6.45, 7) is 8.72. The van der Waals surface area contributed by atoms with E-state index in [4.69, 9.17) is 9.47 Å². The van der Waals surface area contributed by atoms with Gasteiger partial charge in [-0.25, -0.2) is 4.79 Å². The minimum Gasteiger partial charge on any atom is -0.456 e. The highest BCUT2D eigenvalue weighted by Gasteiger charge is 2.66. The van der Waals surface area contributed by atoms with Crippen LogP contribution in [0.2, 0.25) is 0 Å². The predicted octanol–water partition coefficient (Wildman–Crippen LogP) is 2.06. The monoisotopic (exact) mass is 348 g/mol. The Morgan fingerprint density at radius 1 is 1.40 bits per heavy atom. The smallest absolute Gasteiger partial charge is 0.339 e. The first kappa shape index (κ1) is 17.9. The maximum Gasteiger partial charge on any atom is 0.339 e. The van der Waals surface area contributed by atoms with E-state index in [-0.39, 0.29) is 29.8 Å². The average Bonchev–Trinajstić information content (AvgIpc) is 2.81. The number of ketones is 1. The zero-order valence-corrected chi connectivity index (χ0v) is 15.2. The SMILES string of the molecule is CC1=C2C(=CC3(O)C(=O)CCC(C)C3(C)C2OC(=O)C(C)C)OC1=O. The van der Waals surface area contributed by atoms with E-state index in [1.807, 2.05) is 6.92 Å². The van der Waals surface area contributed by atoms with Crippen LogP contribution in [0.15, 0.2) is 23.0 Å². The lowest BCUT2D eigenvalue weighted by Crippen LogP contribution is -2.65. The summed E-state index contributed by atoms with van der Waals surface area (Å²) < 4.78 is 11.0. The van der Waals surface area contributed by atoms with Gasteiger partial charge >= 0.3 is 11.9 Å². The Morgan fingerprint density at radius 3 is 2.64 bits per heavy atom. The van der Waals surface area contributed by atoms with Crippen LogP contribution in [0.5, 0.6) is 0 Å². The number of fused-ring (bicyclic) bond motifs is 2. The molecule has 0 spiro atoms. The number of hydrogen-bond donors (Lipinski definition) is 1. The third-order valence-corrected chi connectivity index (χ3v) is 6.11. The second-order valence-corrected chi connectivity index (χ2v) is 7.82. The van der Waals surface area contributed by atoms with Crippen LogP contribution < -0.4 is 0 Å². The molecule has 1 fully saturated rings. The zero-order valence-electron chi connectivity index (χ0n) is 15.2. The Balaban J connectivity index is 2.24. The first-order valence-electron chi connectivity index (χ1n) is 8.66. The van der Waals surface area contributed by atoms with Gasteiger partial charge < -0.3 is 14.6 Å². The first-order valence-corrected chi connectivity index (χ1v) is 8.66. The lowest BCUT2D eigenvalue weighted by atomic mass is 9.52. The fraction of sp³-hybridized carbons (Fsp3) is 0.632. The van der Waals surface area contributed by atoms with Crippen molar-refractivity contribution in [2.45, 2.75) is 59.2 Å². The van der Waals surface area contributed by atoms with Crippen molar-refractivity contribution in [2.24, 2.45) is 17.3 Å². The molecule has 6 heteroatoms. The van der Waals surface area contributed by atoms with Crippen LogP contribution in [0.3, 0.4) is 0 Å². The Bertz CT molecular complexity index is 730.